The molecule has 3 N–H and O–H groups in total. The first kappa shape index (κ1) is 23.6. The van der Waals surface area contributed by atoms with E-state index in [1.54, 1.807) is 6.20 Å². The molecule has 2 aliphatic heterocycles. The van der Waals surface area contributed by atoms with Gasteiger partial charge in [-0.3, -0.25) is 4.79 Å². The summed E-state index contributed by atoms with van der Waals surface area (Å²) in [7, 11) is 2.08. The number of aromatic amines is 1. The first-order valence-electron chi connectivity index (χ1n) is 12.1. The topological polar surface area (TPSA) is 96.6 Å². The van der Waals surface area contributed by atoms with E-state index in [4.69, 9.17) is 0 Å². The third-order valence-corrected chi connectivity index (χ3v) is 6.60. The molecule has 0 bridgehead atoms. The minimum absolute atomic E-state index is 0.0421. The molecule has 0 radical (unpaired) electrons. The standard InChI is InChI=1S/C27H31N7O2/c1-18-16-34(27(36)33-13-11-32(3)12-14-33)17-22-24(18)26(30-21-7-5-4-6-8-21)25(31-22)20-9-10-28-23(15-20)29-19(2)35/h4-10,15,30-31H,1,11-14,16-17H2,2-3H3,(H,28,29,35). The van der Waals surface area contributed by atoms with Crippen molar-refractivity contribution < 1.29 is 9.59 Å². The van der Waals surface area contributed by atoms with Gasteiger partial charge in [-0.15, -0.1) is 0 Å². The van der Waals surface area contributed by atoms with Crippen molar-refractivity contribution in [2.75, 3.05) is 50.4 Å². The number of rotatable bonds is 4. The van der Waals surface area contributed by atoms with Crippen LogP contribution in [0, 0.1) is 0 Å². The maximum atomic E-state index is 13.3. The number of para-hydroxylation sites is 1. The van der Waals surface area contributed by atoms with E-state index >= 15 is 0 Å². The van der Waals surface area contributed by atoms with Gasteiger partial charge in [0.25, 0.3) is 0 Å². The Labute approximate surface area is 210 Å². The van der Waals surface area contributed by atoms with Crippen LogP contribution in [0.15, 0.2) is 55.2 Å². The number of nitrogens with zero attached hydrogens (tertiary/aromatic N) is 4. The number of piperazine rings is 1. The number of urea groups is 1. The molecule has 0 atom stereocenters. The number of benzene rings is 1. The second kappa shape index (κ2) is 9.87. The number of aromatic nitrogens is 2. The maximum absolute atomic E-state index is 13.3. The number of carbonyl (C=O) groups excluding carboxylic acids is 2. The fourth-order valence-electron chi connectivity index (χ4n) is 4.79. The quantitative estimate of drug-likeness (QED) is 0.520. The van der Waals surface area contributed by atoms with E-state index in [0.717, 1.165) is 65.6 Å². The number of nitrogens with one attached hydrogen (secondary N) is 3. The fraction of sp³-hybridized carbons (Fsp3) is 0.296. The fourth-order valence-corrected chi connectivity index (χ4v) is 4.79. The van der Waals surface area contributed by atoms with E-state index in [1.807, 2.05) is 52.3 Å². The molecule has 9 nitrogen and oxygen atoms in total. The molecule has 36 heavy (non-hydrogen) atoms. The van der Waals surface area contributed by atoms with Crippen LogP contribution in [-0.2, 0) is 11.3 Å². The lowest BCUT2D eigenvalue weighted by atomic mass is 9.99. The number of hydrogen-bond donors (Lipinski definition) is 3. The van der Waals surface area contributed by atoms with Gasteiger partial charge >= 0.3 is 6.03 Å². The van der Waals surface area contributed by atoms with Crippen LogP contribution >= 0.6 is 0 Å². The number of fused-ring (bicyclic) bond motifs is 1. The van der Waals surface area contributed by atoms with Crippen LogP contribution in [0.3, 0.4) is 0 Å². The zero-order valence-electron chi connectivity index (χ0n) is 20.7. The zero-order chi connectivity index (χ0) is 25.2. The van der Waals surface area contributed by atoms with E-state index in [-0.39, 0.29) is 11.9 Å². The Hall–Kier alpha value is -4.11. The molecular weight excluding hydrogens is 454 g/mol. The third kappa shape index (κ3) is 4.83. The third-order valence-electron chi connectivity index (χ3n) is 6.60. The number of carbonyl (C=O) groups is 2. The SMILES string of the molecule is C=C1CN(C(=O)N2CCN(C)CC2)Cc2[nH]c(-c3ccnc(NC(C)=O)c3)c(Nc3ccccc3)c21. The van der Waals surface area contributed by atoms with Crippen molar-refractivity contribution in [3.05, 3.63) is 66.5 Å². The molecule has 3 amide bonds. The molecule has 0 aliphatic carbocycles. The van der Waals surface area contributed by atoms with Gasteiger partial charge in [-0.2, -0.15) is 0 Å². The normalized spacial score (nSPS) is 16.0. The number of anilines is 3. The zero-order valence-corrected chi connectivity index (χ0v) is 20.7. The Bertz CT molecular complexity index is 1290. The van der Waals surface area contributed by atoms with Crippen LogP contribution in [0.2, 0.25) is 0 Å². The number of H-pyrrole nitrogens is 1. The van der Waals surface area contributed by atoms with Gasteiger partial charge in [0.2, 0.25) is 5.91 Å². The number of likely N-dealkylation sites (N-methyl/N-ethyl adjacent to an activating group) is 1. The van der Waals surface area contributed by atoms with Crippen molar-refractivity contribution in [3.63, 3.8) is 0 Å². The highest BCUT2D eigenvalue weighted by atomic mass is 16.2. The number of hydrogen-bond acceptors (Lipinski definition) is 5. The Balaban J connectivity index is 1.51. The molecular formula is C27H31N7O2. The van der Waals surface area contributed by atoms with E-state index in [0.29, 0.717) is 18.9 Å². The molecule has 1 fully saturated rings. The average molecular weight is 486 g/mol. The molecule has 1 saturated heterocycles. The van der Waals surface area contributed by atoms with Gasteiger partial charge in [-0.25, -0.2) is 9.78 Å². The monoisotopic (exact) mass is 485 g/mol. The van der Waals surface area contributed by atoms with Crippen LogP contribution < -0.4 is 10.6 Å². The summed E-state index contributed by atoms with van der Waals surface area (Å²) in [4.78, 5) is 38.8. The van der Waals surface area contributed by atoms with Crippen LogP contribution in [-0.4, -0.2) is 76.4 Å². The molecule has 2 aromatic heterocycles. The van der Waals surface area contributed by atoms with Gasteiger partial charge in [0.05, 0.1) is 17.9 Å². The Morgan fingerprint density at radius 3 is 2.50 bits per heavy atom. The number of pyridine rings is 1. The summed E-state index contributed by atoms with van der Waals surface area (Å²) in [5.74, 6) is 0.295. The molecule has 5 rings (SSSR count). The van der Waals surface area contributed by atoms with Gasteiger partial charge in [0.15, 0.2) is 0 Å². The largest absolute Gasteiger partial charge is 0.355 e. The van der Waals surface area contributed by atoms with Crippen molar-refractivity contribution in [1.29, 1.82) is 0 Å². The molecule has 9 heteroatoms. The summed E-state index contributed by atoms with van der Waals surface area (Å²) in [5.41, 5.74) is 6.36. The van der Waals surface area contributed by atoms with Gasteiger partial charge in [0.1, 0.15) is 5.82 Å². The van der Waals surface area contributed by atoms with Crippen LogP contribution in [0.1, 0.15) is 18.2 Å². The van der Waals surface area contributed by atoms with Crippen molar-refractivity contribution in [2.24, 2.45) is 0 Å². The second-order valence-electron chi connectivity index (χ2n) is 9.36. The van der Waals surface area contributed by atoms with Crippen LogP contribution in [0.4, 0.5) is 22.0 Å². The van der Waals surface area contributed by atoms with Crippen molar-refractivity contribution in [1.82, 2.24) is 24.7 Å². The Kier molecular flexibility index (Phi) is 6.47. The highest BCUT2D eigenvalue weighted by Gasteiger charge is 2.32. The predicted molar refractivity (Wildman–Crippen MR) is 142 cm³/mol. The Morgan fingerprint density at radius 1 is 1.03 bits per heavy atom. The summed E-state index contributed by atoms with van der Waals surface area (Å²) in [6, 6.07) is 13.7. The molecule has 0 unspecified atom stereocenters. The smallest absolute Gasteiger partial charge is 0.320 e. The van der Waals surface area contributed by atoms with Crippen LogP contribution in [0.5, 0.6) is 0 Å². The maximum Gasteiger partial charge on any atom is 0.320 e. The summed E-state index contributed by atoms with van der Waals surface area (Å²) in [5, 5.41) is 6.32. The Morgan fingerprint density at radius 2 is 1.78 bits per heavy atom. The molecule has 186 valence electrons. The lowest BCUT2D eigenvalue weighted by Gasteiger charge is -2.37. The lowest BCUT2D eigenvalue weighted by molar-refractivity contribution is -0.114. The molecule has 0 spiro atoms. The summed E-state index contributed by atoms with van der Waals surface area (Å²) in [6.07, 6.45) is 1.67. The predicted octanol–water partition coefficient (Wildman–Crippen LogP) is 3.97. The van der Waals surface area contributed by atoms with Crippen LogP contribution in [0.25, 0.3) is 16.8 Å². The lowest BCUT2D eigenvalue weighted by Crippen LogP contribution is -2.52. The molecule has 1 aromatic carbocycles. The molecule has 2 aliphatic rings. The van der Waals surface area contributed by atoms with Gasteiger partial charge in [0, 0.05) is 68.4 Å². The van der Waals surface area contributed by atoms with E-state index in [1.165, 1.54) is 6.92 Å². The highest BCUT2D eigenvalue weighted by molar-refractivity contribution is 5.94. The van der Waals surface area contributed by atoms with E-state index in [2.05, 4.69) is 39.1 Å². The van der Waals surface area contributed by atoms with Crippen molar-refractivity contribution in [2.45, 2.75) is 13.5 Å². The van der Waals surface area contributed by atoms with E-state index < -0.39 is 0 Å². The van der Waals surface area contributed by atoms with Gasteiger partial charge in [-0.05, 0) is 36.9 Å². The van der Waals surface area contributed by atoms with Gasteiger partial charge < -0.3 is 30.3 Å². The van der Waals surface area contributed by atoms with Crippen molar-refractivity contribution >= 4 is 34.7 Å². The van der Waals surface area contributed by atoms with Crippen molar-refractivity contribution in [3.8, 4) is 11.3 Å². The minimum Gasteiger partial charge on any atom is -0.355 e. The summed E-state index contributed by atoms with van der Waals surface area (Å²) >= 11 is 0. The van der Waals surface area contributed by atoms with E-state index in [9.17, 15) is 9.59 Å². The summed E-state index contributed by atoms with van der Waals surface area (Å²) < 4.78 is 0. The van der Waals surface area contributed by atoms with Gasteiger partial charge in [-0.1, -0.05) is 24.8 Å². The number of amides is 3. The minimum atomic E-state index is -0.181. The second-order valence-corrected chi connectivity index (χ2v) is 9.36. The first-order valence-corrected chi connectivity index (χ1v) is 12.1. The highest BCUT2D eigenvalue weighted by Crippen LogP contribution is 2.42. The summed E-state index contributed by atoms with van der Waals surface area (Å²) in [6.45, 7) is 9.96. The molecule has 0 saturated carbocycles. The molecule has 4 heterocycles. The first-order chi connectivity index (χ1) is 17.4. The average Bonchev–Trinajstić information content (AvgIpc) is 3.23. The molecule has 3 aromatic rings.